The third kappa shape index (κ3) is 1.42. The SMILES string of the molecule is CNc1nc(-c2ccccc2)c(N)o1. The van der Waals surface area contributed by atoms with Crippen LogP contribution in [0.25, 0.3) is 11.3 Å². The molecule has 0 bridgehead atoms. The molecule has 4 heteroatoms. The zero-order valence-corrected chi connectivity index (χ0v) is 7.82. The smallest absolute Gasteiger partial charge is 0.296 e. The largest absolute Gasteiger partial charge is 0.407 e. The summed E-state index contributed by atoms with van der Waals surface area (Å²) in [5.41, 5.74) is 7.31. The van der Waals surface area contributed by atoms with Gasteiger partial charge < -0.3 is 15.5 Å². The number of oxazole rings is 1. The van der Waals surface area contributed by atoms with E-state index in [-0.39, 0.29) is 0 Å². The molecule has 72 valence electrons. The number of hydrogen-bond acceptors (Lipinski definition) is 4. The van der Waals surface area contributed by atoms with Crippen LogP contribution in [0, 0.1) is 0 Å². The lowest BCUT2D eigenvalue weighted by atomic mass is 10.2. The fourth-order valence-corrected chi connectivity index (χ4v) is 1.24. The van der Waals surface area contributed by atoms with Crippen LogP contribution in [0.1, 0.15) is 0 Å². The molecule has 1 aromatic carbocycles. The minimum Gasteiger partial charge on any atom is -0.407 e. The molecule has 2 rings (SSSR count). The maximum Gasteiger partial charge on any atom is 0.296 e. The van der Waals surface area contributed by atoms with Gasteiger partial charge in [0, 0.05) is 12.6 Å². The summed E-state index contributed by atoms with van der Waals surface area (Å²) >= 11 is 0. The van der Waals surface area contributed by atoms with Gasteiger partial charge in [0.15, 0.2) is 0 Å². The molecule has 0 unspecified atom stereocenters. The van der Waals surface area contributed by atoms with E-state index in [1.165, 1.54) is 0 Å². The lowest BCUT2D eigenvalue weighted by molar-refractivity contribution is 0.595. The lowest BCUT2D eigenvalue weighted by Crippen LogP contribution is -1.87. The van der Waals surface area contributed by atoms with E-state index in [0.717, 1.165) is 5.56 Å². The van der Waals surface area contributed by atoms with Gasteiger partial charge in [0.1, 0.15) is 5.69 Å². The lowest BCUT2D eigenvalue weighted by Gasteiger charge is -1.94. The molecule has 0 radical (unpaired) electrons. The number of nitrogens with one attached hydrogen (secondary N) is 1. The highest BCUT2D eigenvalue weighted by Crippen LogP contribution is 2.27. The van der Waals surface area contributed by atoms with Crippen molar-refractivity contribution in [2.45, 2.75) is 0 Å². The Bertz CT molecular complexity index is 422. The first-order valence-corrected chi connectivity index (χ1v) is 4.30. The van der Waals surface area contributed by atoms with Crippen LogP contribution in [0.4, 0.5) is 11.9 Å². The molecule has 2 aromatic rings. The normalized spacial score (nSPS) is 10.1. The van der Waals surface area contributed by atoms with Gasteiger partial charge in [-0.3, -0.25) is 0 Å². The molecule has 0 aliphatic carbocycles. The van der Waals surface area contributed by atoms with E-state index in [2.05, 4.69) is 10.3 Å². The third-order valence-electron chi connectivity index (χ3n) is 1.91. The first kappa shape index (κ1) is 8.62. The number of benzene rings is 1. The van der Waals surface area contributed by atoms with Crippen molar-refractivity contribution in [2.75, 3.05) is 18.1 Å². The predicted molar refractivity (Wildman–Crippen MR) is 55.9 cm³/mol. The monoisotopic (exact) mass is 189 g/mol. The van der Waals surface area contributed by atoms with Gasteiger partial charge in [0.2, 0.25) is 5.88 Å². The Kier molecular flexibility index (Phi) is 2.10. The number of nitrogens with two attached hydrogens (primary N) is 1. The number of aromatic nitrogens is 1. The van der Waals surface area contributed by atoms with Crippen molar-refractivity contribution in [3.05, 3.63) is 30.3 Å². The molecule has 0 spiro atoms. The Labute approximate surface area is 81.8 Å². The summed E-state index contributed by atoms with van der Waals surface area (Å²) in [4.78, 5) is 4.20. The Morgan fingerprint density at radius 2 is 2.00 bits per heavy atom. The third-order valence-corrected chi connectivity index (χ3v) is 1.91. The van der Waals surface area contributed by atoms with Crippen molar-refractivity contribution in [3.8, 4) is 11.3 Å². The summed E-state index contributed by atoms with van der Waals surface area (Å²) in [6.07, 6.45) is 0. The van der Waals surface area contributed by atoms with Crippen LogP contribution < -0.4 is 11.1 Å². The molecule has 14 heavy (non-hydrogen) atoms. The summed E-state index contributed by atoms with van der Waals surface area (Å²) in [5.74, 6) is 0.334. The number of anilines is 2. The molecule has 0 amide bonds. The predicted octanol–water partition coefficient (Wildman–Crippen LogP) is 1.97. The molecule has 0 atom stereocenters. The molecule has 0 fully saturated rings. The fraction of sp³-hybridized carbons (Fsp3) is 0.100. The number of rotatable bonds is 2. The molecule has 4 nitrogen and oxygen atoms in total. The quantitative estimate of drug-likeness (QED) is 0.758. The van der Waals surface area contributed by atoms with Crippen LogP contribution in [-0.2, 0) is 0 Å². The summed E-state index contributed by atoms with van der Waals surface area (Å²) < 4.78 is 5.17. The maximum atomic E-state index is 5.68. The average Bonchev–Trinajstić information content (AvgIpc) is 2.61. The van der Waals surface area contributed by atoms with E-state index in [1.807, 2.05) is 30.3 Å². The van der Waals surface area contributed by atoms with Crippen molar-refractivity contribution in [3.63, 3.8) is 0 Å². The Balaban J connectivity index is 2.46. The second kappa shape index (κ2) is 3.41. The first-order chi connectivity index (χ1) is 6.81. The van der Waals surface area contributed by atoms with Gasteiger partial charge in [0.05, 0.1) is 0 Å². The number of hydrogen-bond donors (Lipinski definition) is 2. The molecule has 0 aliphatic rings. The Morgan fingerprint density at radius 1 is 1.29 bits per heavy atom. The van der Waals surface area contributed by atoms with E-state index in [4.69, 9.17) is 10.2 Å². The highest BCUT2D eigenvalue weighted by molar-refractivity contribution is 5.70. The molecular weight excluding hydrogens is 178 g/mol. The van der Waals surface area contributed by atoms with E-state index in [9.17, 15) is 0 Å². The van der Waals surface area contributed by atoms with Crippen LogP contribution in [-0.4, -0.2) is 12.0 Å². The van der Waals surface area contributed by atoms with Crippen LogP contribution in [0.3, 0.4) is 0 Å². The number of nitrogens with zero attached hydrogens (tertiary/aromatic N) is 1. The van der Waals surface area contributed by atoms with Crippen molar-refractivity contribution >= 4 is 11.9 Å². The Hall–Kier alpha value is -1.97. The topological polar surface area (TPSA) is 64.1 Å². The fourth-order valence-electron chi connectivity index (χ4n) is 1.24. The zero-order chi connectivity index (χ0) is 9.97. The van der Waals surface area contributed by atoms with Crippen molar-refractivity contribution in [1.82, 2.24) is 4.98 Å². The molecular formula is C10H11N3O. The van der Waals surface area contributed by atoms with Crippen LogP contribution in [0.15, 0.2) is 34.7 Å². The second-order valence-electron chi connectivity index (χ2n) is 2.85. The number of nitrogen functional groups attached to an aromatic ring is 1. The van der Waals surface area contributed by atoms with Gasteiger partial charge in [-0.25, -0.2) is 0 Å². The van der Waals surface area contributed by atoms with Gasteiger partial charge in [-0.1, -0.05) is 30.3 Å². The minimum absolute atomic E-state index is 0.334. The summed E-state index contributed by atoms with van der Waals surface area (Å²) in [6.45, 7) is 0. The summed E-state index contributed by atoms with van der Waals surface area (Å²) in [7, 11) is 1.74. The molecule has 1 aromatic heterocycles. The molecule has 3 N–H and O–H groups in total. The van der Waals surface area contributed by atoms with E-state index in [1.54, 1.807) is 7.05 Å². The van der Waals surface area contributed by atoms with Gasteiger partial charge in [-0.2, -0.15) is 4.98 Å². The van der Waals surface area contributed by atoms with E-state index in [0.29, 0.717) is 17.6 Å². The molecule has 1 heterocycles. The first-order valence-electron chi connectivity index (χ1n) is 4.30. The summed E-state index contributed by atoms with van der Waals surface area (Å²) in [5, 5.41) is 2.80. The highest BCUT2D eigenvalue weighted by Gasteiger charge is 2.10. The highest BCUT2D eigenvalue weighted by atomic mass is 16.4. The summed E-state index contributed by atoms with van der Waals surface area (Å²) in [6, 6.07) is 10.1. The van der Waals surface area contributed by atoms with Gasteiger partial charge >= 0.3 is 0 Å². The molecule has 0 saturated carbocycles. The van der Waals surface area contributed by atoms with Crippen LogP contribution in [0.5, 0.6) is 0 Å². The minimum atomic E-state index is 0.334. The van der Waals surface area contributed by atoms with Crippen LogP contribution in [0.2, 0.25) is 0 Å². The average molecular weight is 189 g/mol. The van der Waals surface area contributed by atoms with E-state index >= 15 is 0 Å². The van der Waals surface area contributed by atoms with Gasteiger partial charge in [0.25, 0.3) is 6.01 Å². The standard InChI is InChI=1S/C10H11N3O/c1-12-10-13-8(9(11)14-10)7-5-3-2-4-6-7/h2-6H,11H2,1H3,(H,12,13). The van der Waals surface area contributed by atoms with Crippen molar-refractivity contribution in [1.29, 1.82) is 0 Å². The maximum absolute atomic E-state index is 5.68. The van der Waals surface area contributed by atoms with Crippen molar-refractivity contribution in [2.24, 2.45) is 0 Å². The van der Waals surface area contributed by atoms with Crippen LogP contribution >= 0.6 is 0 Å². The van der Waals surface area contributed by atoms with Gasteiger partial charge in [-0.15, -0.1) is 0 Å². The molecule has 0 aliphatic heterocycles. The zero-order valence-electron chi connectivity index (χ0n) is 7.82. The molecule has 0 saturated heterocycles. The van der Waals surface area contributed by atoms with Crippen molar-refractivity contribution < 1.29 is 4.42 Å². The van der Waals surface area contributed by atoms with Gasteiger partial charge in [-0.05, 0) is 0 Å². The van der Waals surface area contributed by atoms with E-state index < -0.39 is 0 Å². The Morgan fingerprint density at radius 3 is 2.57 bits per heavy atom. The second-order valence-corrected chi connectivity index (χ2v) is 2.85.